The van der Waals surface area contributed by atoms with Gasteiger partial charge in [-0.25, -0.2) is 4.39 Å². The van der Waals surface area contributed by atoms with E-state index in [2.05, 4.69) is 5.32 Å². The van der Waals surface area contributed by atoms with Crippen molar-refractivity contribution in [1.82, 2.24) is 5.32 Å². The minimum Gasteiger partial charge on any atom is -0.496 e. The number of ether oxygens (including phenoxy) is 1. The lowest BCUT2D eigenvalue weighted by molar-refractivity contribution is 0.405. The summed E-state index contributed by atoms with van der Waals surface area (Å²) in [7, 11) is 3.47. The van der Waals surface area contributed by atoms with Crippen molar-refractivity contribution in [3.05, 3.63) is 63.9 Å². The van der Waals surface area contributed by atoms with E-state index in [9.17, 15) is 4.39 Å². The van der Waals surface area contributed by atoms with Crippen molar-refractivity contribution in [2.45, 2.75) is 13.0 Å². The van der Waals surface area contributed by atoms with Crippen molar-refractivity contribution < 1.29 is 9.13 Å². The Labute approximate surface area is 123 Å². The fourth-order valence-corrected chi connectivity index (χ4v) is 2.46. The van der Waals surface area contributed by atoms with Gasteiger partial charge in [-0.05, 0) is 49.4 Å². The zero-order valence-corrected chi connectivity index (χ0v) is 12.5. The molecule has 0 amide bonds. The van der Waals surface area contributed by atoms with Gasteiger partial charge in [0, 0.05) is 10.6 Å². The lowest BCUT2D eigenvalue weighted by atomic mass is 9.96. The van der Waals surface area contributed by atoms with E-state index in [4.69, 9.17) is 16.3 Å². The summed E-state index contributed by atoms with van der Waals surface area (Å²) >= 11 is 6.08. The van der Waals surface area contributed by atoms with E-state index in [-0.39, 0.29) is 11.9 Å². The zero-order chi connectivity index (χ0) is 14.7. The molecule has 0 heterocycles. The van der Waals surface area contributed by atoms with Crippen LogP contribution in [0.15, 0.2) is 36.4 Å². The lowest BCUT2D eigenvalue weighted by Crippen LogP contribution is -2.18. The molecule has 0 aliphatic rings. The third kappa shape index (κ3) is 2.94. The second-order valence-corrected chi connectivity index (χ2v) is 5.05. The first-order chi connectivity index (χ1) is 9.56. The molecule has 1 N–H and O–H groups in total. The average Bonchev–Trinajstić information content (AvgIpc) is 2.44. The highest BCUT2D eigenvalue weighted by molar-refractivity contribution is 6.30. The summed E-state index contributed by atoms with van der Waals surface area (Å²) in [6.45, 7) is 1.75. The number of nitrogens with one attached hydrogen (secondary N) is 1. The minimum atomic E-state index is -0.207. The molecule has 106 valence electrons. The molecule has 2 nitrogen and oxygen atoms in total. The van der Waals surface area contributed by atoms with Crippen molar-refractivity contribution in [2.75, 3.05) is 14.2 Å². The van der Waals surface area contributed by atoms with Crippen molar-refractivity contribution in [3.8, 4) is 5.75 Å². The van der Waals surface area contributed by atoms with Crippen LogP contribution in [0.3, 0.4) is 0 Å². The van der Waals surface area contributed by atoms with E-state index in [0.29, 0.717) is 10.6 Å². The molecule has 0 spiro atoms. The van der Waals surface area contributed by atoms with Crippen LogP contribution in [0.2, 0.25) is 5.02 Å². The number of hydrogen-bond donors (Lipinski definition) is 1. The first-order valence-corrected chi connectivity index (χ1v) is 6.71. The van der Waals surface area contributed by atoms with Gasteiger partial charge in [0.25, 0.3) is 0 Å². The quantitative estimate of drug-likeness (QED) is 0.916. The van der Waals surface area contributed by atoms with Gasteiger partial charge in [0.15, 0.2) is 0 Å². The molecule has 0 fully saturated rings. The summed E-state index contributed by atoms with van der Waals surface area (Å²) in [6, 6.07) is 10.4. The summed E-state index contributed by atoms with van der Waals surface area (Å²) in [6.07, 6.45) is 0. The van der Waals surface area contributed by atoms with Crippen molar-refractivity contribution in [3.63, 3.8) is 0 Å². The van der Waals surface area contributed by atoms with Gasteiger partial charge in [-0.2, -0.15) is 0 Å². The maximum Gasteiger partial charge on any atom is 0.126 e. The highest BCUT2D eigenvalue weighted by atomic mass is 35.5. The second kappa shape index (κ2) is 6.25. The Bertz CT molecular complexity index is 615. The van der Waals surface area contributed by atoms with Crippen LogP contribution in [0.4, 0.5) is 4.39 Å². The summed E-state index contributed by atoms with van der Waals surface area (Å²) in [5.74, 6) is 0.539. The Balaban J connectivity index is 2.51. The molecular weight excluding hydrogens is 277 g/mol. The molecule has 0 aliphatic carbocycles. The van der Waals surface area contributed by atoms with E-state index in [1.54, 1.807) is 26.2 Å². The van der Waals surface area contributed by atoms with Gasteiger partial charge in [0.2, 0.25) is 0 Å². The molecule has 0 bridgehead atoms. The molecule has 0 saturated carbocycles. The minimum absolute atomic E-state index is 0.108. The van der Waals surface area contributed by atoms with Crippen molar-refractivity contribution in [2.24, 2.45) is 0 Å². The molecule has 1 unspecified atom stereocenters. The SMILES string of the molecule is CNC(c1ccc(F)c(C)c1)c1cc(Cl)ccc1OC. The van der Waals surface area contributed by atoms with Gasteiger partial charge in [-0.15, -0.1) is 0 Å². The average molecular weight is 294 g/mol. The van der Waals surface area contributed by atoms with Crippen LogP contribution in [-0.4, -0.2) is 14.2 Å². The van der Waals surface area contributed by atoms with Gasteiger partial charge in [-0.3, -0.25) is 0 Å². The van der Waals surface area contributed by atoms with Gasteiger partial charge >= 0.3 is 0 Å². The standard InChI is InChI=1S/C16H17ClFNO/c1-10-8-11(4-6-14(10)18)16(19-2)13-9-12(17)5-7-15(13)20-3/h4-9,16,19H,1-3H3. The molecule has 0 aliphatic heterocycles. The maximum absolute atomic E-state index is 13.4. The fraction of sp³-hybridized carbons (Fsp3) is 0.250. The Morgan fingerprint density at radius 1 is 1.20 bits per heavy atom. The van der Waals surface area contributed by atoms with E-state index < -0.39 is 0 Å². The van der Waals surface area contributed by atoms with Crippen LogP contribution >= 0.6 is 11.6 Å². The Morgan fingerprint density at radius 3 is 2.55 bits per heavy atom. The van der Waals surface area contributed by atoms with Crippen LogP contribution in [-0.2, 0) is 0 Å². The number of benzene rings is 2. The van der Waals surface area contributed by atoms with E-state index in [0.717, 1.165) is 16.9 Å². The first-order valence-electron chi connectivity index (χ1n) is 6.33. The Morgan fingerprint density at radius 2 is 1.95 bits per heavy atom. The van der Waals surface area contributed by atoms with Gasteiger partial charge in [0.1, 0.15) is 11.6 Å². The summed E-state index contributed by atoms with van der Waals surface area (Å²) in [4.78, 5) is 0. The summed E-state index contributed by atoms with van der Waals surface area (Å²) in [5, 5.41) is 3.86. The zero-order valence-electron chi connectivity index (χ0n) is 11.7. The molecule has 0 saturated heterocycles. The van der Waals surface area contributed by atoms with Gasteiger partial charge in [-0.1, -0.05) is 23.7 Å². The largest absolute Gasteiger partial charge is 0.496 e. The van der Waals surface area contributed by atoms with E-state index >= 15 is 0 Å². The number of aryl methyl sites for hydroxylation is 1. The molecule has 4 heteroatoms. The molecule has 2 aromatic rings. The molecular formula is C16H17ClFNO. The van der Waals surface area contributed by atoms with Crippen LogP contribution in [0, 0.1) is 12.7 Å². The predicted octanol–water partition coefficient (Wildman–Crippen LogP) is 4.10. The number of methoxy groups -OCH3 is 1. The summed E-state index contributed by atoms with van der Waals surface area (Å²) in [5.41, 5.74) is 2.50. The number of halogens is 2. The molecule has 2 rings (SSSR count). The maximum atomic E-state index is 13.4. The van der Waals surface area contributed by atoms with Crippen molar-refractivity contribution >= 4 is 11.6 Å². The Kier molecular flexibility index (Phi) is 4.63. The lowest BCUT2D eigenvalue weighted by Gasteiger charge is -2.20. The molecule has 0 radical (unpaired) electrons. The number of rotatable bonds is 4. The third-order valence-corrected chi connectivity index (χ3v) is 3.54. The summed E-state index contributed by atoms with van der Waals surface area (Å²) < 4.78 is 18.8. The van der Waals surface area contributed by atoms with Crippen LogP contribution in [0.1, 0.15) is 22.7 Å². The second-order valence-electron chi connectivity index (χ2n) is 4.62. The molecule has 2 aromatic carbocycles. The van der Waals surface area contributed by atoms with E-state index in [1.165, 1.54) is 6.07 Å². The smallest absolute Gasteiger partial charge is 0.126 e. The molecule has 20 heavy (non-hydrogen) atoms. The third-order valence-electron chi connectivity index (χ3n) is 3.31. The van der Waals surface area contributed by atoms with Gasteiger partial charge < -0.3 is 10.1 Å². The van der Waals surface area contributed by atoms with Crippen LogP contribution in [0.25, 0.3) is 0 Å². The highest BCUT2D eigenvalue weighted by Crippen LogP contribution is 2.32. The van der Waals surface area contributed by atoms with Crippen LogP contribution < -0.4 is 10.1 Å². The molecule has 0 aromatic heterocycles. The van der Waals surface area contributed by atoms with Crippen LogP contribution in [0.5, 0.6) is 5.75 Å². The topological polar surface area (TPSA) is 21.3 Å². The first kappa shape index (κ1) is 14.8. The number of hydrogen-bond acceptors (Lipinski definition) is 2. The Hall–Kier alpha value is -1.58. The predicted molar refractivity (Wildman–Crippen MR) is 80.0 cm³/mol. The molecule has 1 atom stereocenters. The fourth-order valence-electron chi connectivity index (χ4n) is 2.28. The van der Waals surface area contributed by atoms with E-state index in [1.807, 2.05) is 25.2 Å². The normalized spacial score (nSPS) is 12.2. The highest BCUT2D eigenvalue weighted by Gasteiger charge is 2.17. The van der Waals surface area contributed by atoms with Crippen molar-refractivity contribution in [1.29, 1.82) is 0 Å². The monoisotopic (exact) mass is 293 g/mol. The van der Waals surface area contributed by atoms with Gasteiger partial charge in [0.05, 0.1) is 13.2 Å².